The van der Waals surface area contributed by atoms with Crippen LogP contribution in [0.5, 0.6) is 5.75 Å². The number of para-hydroxylation sites is 1. The van der Waals surface area contributed by atoms with Crippen molar-refractivity contribution in [1.29, 1.82) is 0 Å². The molecule has 0 radical (unpaired) electrons. The van der Waals surface area contributed by atoms with Crippen LogP contribution in [-0.4, -0.2) is 25.9 Å². The highest BCUT2D eigenvalue weighted by Gasteiger charge is 2.19. The highest BCUT2D eigenvalue weighted by atomic mass is 35.5. The van der Waals surface area contributed by atoms with Crippen molar-refractivity contribution in [3.63, 3.8) is 0 Å². The second-order valence-corrected chi connectivity index (χ2v) is 8.40. The minimum absolute atomic E-state index is 0.191. The SMILES string of the molecule is COc1ccccc1Cn1c(=O)c2sccc2n2c(=O)n(Cc3cccc(Cl)c3)nc12. The quantitative estimate of drug-likeness (QED) is 0.408. The molecule has 3 aromatic heterocycles. The Kier molecular flexibility index (Phi) is 4.88. The molecule has 0 N–H and O–H groups in total. The summed E-state index contributed by atoms with van der Waals surface area (Å²) in [5.41, 5.74) is 1.72. The van der Waals surface area contributed by atoms with E-state index >= 15 is 0 Å². The molecule has 156 valence electrons. The first kappa shape index (κ1) is 19.6. The molecule has 0 bridgehead atoms. The lowest BCUT2D eigenvalue weighted by atomic mass is 10.2. The standard InChI is InChI=1S/C22H17ClN4O3S/c1-30-18-8-3-2-6-15(18)13-25-20(28)19-17(9-10-31-19)27-21(25)24-26(22(27)29)12-14-5-4-7-16(23)11-14/h2-11H,12-13H2,1H3. The fraction of sp³-hybridized carbons (Fsp3) is 0.136. The van der Waals surface area contributed by atoms with Gasteiger partial charge >= 0.3 is 5.69 Å². The highest BCUT2D eigenvalue weighted by molar-refractivity contribution is 7.17. The van der Waals surface area contributed by atoms with Crippen molar-refractivity contribution in [2.45, 2.75) is 13.1 Å². The van der Waals surface area contributed by atoms with E-state index in [2.05, 4.69) is 5.10 Å². The molecule has 0 spiro atoms. The van der Waals surface area contributed by atoms with Crippen molar-refractivity contribution < 1.29 is 4.74 Å². The molecule has 0 unspecified atom stereocenters. The van der Waals surface area contributed by atoms with Gasteiger partial charge in [-0.2, -0.15) is 0 Å². The lowest BCUT2D eigenvalue weighted by Gasteiger charge is -2.11. The summed E-state index contributed by atoms with van der Waals surface area (Å²) < 4.78 is 10.3. The van der Waals surface area contributed by atoms with E-state index in [1.165, 1.54) is 25.0 Å². The summed E-state index contributed by atoms with van der Waals surface area (Å²) in [6.45, 7) is 0.476. The van der Waals surface area contributed by atoms with E-state index in [1.54, 1.807) is 30.7 Å². The van der Waals surface area contributed by atoms with Crippen LogP contribution < -0.4 is 16.0 Å². The number of rotatable bonds is 5. The Morgan fingerprint density at radius 1 is 1.06 bits per heavy atom. The first-order valence-electron chi connectivity index (χ1n) is 9.52. The molecule has 31 heavy (non-hydrogen) atoms. The van der Waals surface area contributed by atoms with Gasteiger partial charge in [-0.15, -0.1) is 16.4 Å². The van der Waals surface area contributed by atoms with Crippen LogP contribution >= 0.6 is 22.9 Å². The van der Waals surface area contributed by atoms with Gasteiger partial charge in [0.1, 0.15) is 10.4 Å². The fourth-order valence-corrected chi connectivity index (χ4v) is 4.73. The summed E-state index contributed by atoms with van der Waals surface area (Å²) in [6, 6.07) is 16.5. The van der Waals surface area contributed by atoms with Crippen LogP contribution in [0.15, 0.2) is 69.6 Å². The number of ether oxygens (including phenoxy) is 1. The third-order valence-electron chi connectivity index (χ3n) is 5.13. The van der Waals surface area contributed by atoms with Crippen molar-refractivity contribution in [2.24, 2.45) is 0 Å². The number of hydrogen-bond acceptors (Lipinski definition) is 5. The van der Waals surface area contributed by atoms with Gasteiger partial charge in [0.25, 0.3) is 5.56 Å². The van der Waals surface area contributed by atoms with Crippen molar-refractivity contribution in [3.8, 4) is 5.75 Å². The molecule has 0 amide bonds. The van der Waals surface area contributed by atoms with Gasteiger partial charge in [0.05, 0.1) is 25.7 Å². The van der Waals surface area contributed by atoms with Crippen molar-refractivity contribution in [3.05, 3.63) is 97.0 Å². The van der Waals surface area contributed by atoms with E-state index in [0.29, 0.717) is 21.0 Å². The molecule has 0 aliphatic carbocycles. The number of methoxy groups -OCH3 is 1. The maximum absolute atomic E-state index is 13.3. The zero-order chi connectivity index (χ0) is 21.5. The van der Waals surface area contributed by atoms with Gasteiger partial charge in [-0.1, -0.05) is 41.9 Å². The molecule has 0 fully saturated rings. The van der Waals surface area contributed by atoms with Crippen molar-refractivity contribution >= 4 is 38.9 Å². The van der Waals surface area contributed by atoms with Gasteiger partial charge in [0, 0.05) is 10.6 Å². The minimum atomic E-state index is -0.313. The first-order valence-corrected chi connectivity index (χ1v) is 10.8. The third-order valence-corrected chi connectivity index (χ3v) is 6.26. The predicted octanol–water partition coefficient (Wildman–Crippen LogP) is 3.63. The Labute approximate surface area is 185 Å². The summed E-state index contributed by atoms with van der Waals surface area (Å²) in [7, 11) is 1.59. The number of fused-ring (bicyclic) bond motifs is 3. The van der Waals surface area contributed by atoms with Crippen LogP contribution in [0.25, 0.3) is 16.0 Å². The van der Waals surface area contributed by atoms with Gasteiger partial charge in [0.2, 0.25) is 5.78 Å². The molecule has 3 heterocycles. The van der Waals surface area contributed by atoms with Crippen LogP contribution in [0.4, 0.5) is 0 Å². The average molecular weight is 453 g/mol. The van der Waals surface area contributed by atoms with Gasteiger partial charge < -0.3 is 4.74 Å². The average Bonchev–Trinajstić information content (AvgIpc) is 3.37. The molecule has 0 saturated carbocycles. The highest BCUT2D eigenvalue weighted by Crippen LogP contribution is 2.21. The molecule has 5 rings (SSSR count). The first-order chi connectivity index (χ1) is 15.1. The van der Waals surface area contributed by atoms with Gasteiger partial charge in [0.15, 0.2) is 0 Å². The molecular weight excluding hydrogens is 436 g/mol. The van der Waals surface area contributed by atoms with Crippen molar-refractivity contribution in [1.82, 2.24) is 18.7 Å². The number of thiophene rings is 1. The van der Waals surface area contributed by atoms with E-state index in [9.17, 15) is 9.59 Å². The second-order valence-electron chi connectivity index (χ2n) is 7.04. The molecule has 0 saturated heterocycles. The minimum Gasteiger partial charge on any atom is -0.496 e. The van der Waals surface area contributed by atoms with Gasteiger partial charge in [-0.3, -0.25) is 9.36 Å². The molecule has 0 atom stereocenters. The van der Waals surface area contributed by atoms with Gasteiger partial charge in [-0.05, 0) is 35.2 Å². The van der Waals surface area contributed by atoms with Crippen LogP contribution in [0, 0.1) is 0 Å². The Morgan fingerprint density at radius 3 is 2.71 bits per heavy atom. The van der Waals surface area contributed by atoms with E-state index in [-0.39, 0.29) is 30.1 Å². The Morgan fingerprint density at radius 2 is 1.90 bits per heavy atom. The Bertz CT molecular complexity index is 1550. The smallest absolute Gasteiger partial charge is 0.352 e. The zero-order valence-corrected chi connectivity index (χ0v) is 18.1. The summed E-state index contributed by atoms with van der Waals surface area (Å²) in [5, 5.41) is 6.92. The Balaban J connectivity index is 1.74. The second kappa shape index (κ2) is 7.72. The topological polar surface area (TPSA) is 70.5 Å². The van der Waals surface area contributed by atoms with Crippen LogP contribution in [0.3, 0.4) is 0 Å². The molecule has 9 heteroatoms. The fourth-order valence-electron chi connectivity index (χ4n) is 3.69. The zero-order valence-electron chi connectivity index (χ0n) is 16.5. The van der Waals surface area contributed by atoms with Crippen LogP contribution in [0.2, 0.25) is 5.02 Å². The largest absolute Gasteiger partial charge is 0.496 e. The molecular formula is C22H17ClN4O3S. The maximum atomic E-state index is 13.3. The van der Waals surface area contributed by atoms with E-state index in [0.717, 1.165) is 11.1 Å². The summed E-state index contributed by atoms with van der Waals surface area (Å²) in [6.07, 6.45) is 0. The maximum Gasteiger partial charge on any atom is 0.352 e. The Hall–Kier alpha value is -3.36. The molecule has 0 aliphatic heterocycles. The molecule has 0 aliphatic rings. The lowest BCUT2D eigenvalue weighted by Crippen LogP contribution is -2.26. The number of halogens is 1. The lowest BCUT2D eigenvalue weighted by molar-refractivity contribution is 0.408. The summed E-state index contributed by atoms with van der Waals surface area (Å²) in [4.78, 5) is 26.5. The number of nitrogens with zero attached hydrogens (tertiary/aromatic N) is 4. The molecule has 5 aromatic rings. The van der Waals surface area contributed by atoms with E-state index < -0.39 is 0 Å². The van der Waals surface area contributed by atoms with Crippen molar-refractivity contribution in [2.75, 3.05) is 7.11 Å². The normalized spacial score (nSPS) is 11.4. The molecule has 2 aromatic carbocycles. The summed E-state index contributed by atoms with van der Waals surface area (Å²) in [5.74, 6) is 0.952. The molecule has 7 nitrogen and oxygen atoms in total. The monoisotopic (exact) mass is 452 g/mol. The number of hydrogen-bond donors (Lipinski definition) is 0. The number of benzene rings is 2. The van der Waals surface area contributed by atoms with E-state index in [1.807, 2.05) is 36.4 Å². The van der Waals surface area contributed by atoms with E-state index in [4.69, 9.17) is 16.3 Å². The van der Waals surface area contributed by atoms with Gasteiger partial charge in [-0.25, -0.2) is 13.9 Å². The third kappa shape index (κ3) is 3.34. The summed E-state index contributed by atoms with van der Waals surface area (Å²) >= 11 is 7.40. The van der Waals surface area contributed by atoms with Crippen LogP contribution in [-0.2, 0) is 13.1 Å². The number of aromatic nitrogens is 4. The van der Waals surface area contributed by atoms with Crippen LogP contribution in [0.1, 0.15) is 11.1 Å². The predicted molar refractivity (Wildman–Crippen MR) is 122 cm³/mol.